The van der Waals surface area contributed by atoms with Crippen LogP contribution >= 0.6 is 27.3 Å². The highest BCUT2D eigenvalue weighted by molar-refractivity contribution is 9.10. The molecule has 2 rings (SSSR count). The van der Waals surface area contributed by atoms with E-state index in [9.17, 15) is 9.50 Å². The van der Waals surface area contributed by atoms with Crippen LogP contribution in [0.3, 0.4) is 0 Å². The van der Waals surface area contributed by atoms with Gasteiger partial charge in [-0.3, -0.25) is 0 Å². The number of rotatable bonds is 4. The SMILES string of the molecule is Cc1cc(F)cc(C)c1COc1csc(C(C)(C)O)c1Br. The molecule has 0 aliphatic carbocycles. The molecule has 21 heavy (non-hydrogen) atoms. The van der Waals surface area contributed by atoms with E-state index in [0.29, 0.717) is 12.4 Å². The Morgan fingerprint density at radius 3 is 2.33 bits per heavy atom. The highest BCUT2D eigenvalue weighted by atomic mass is 79.9. The van der Waals surface area contributed by atoms with Gasteiger partial charge in [-0.05, 0) is 72.4 Å². The van der Waals surface area contributed by atoms with Crippen molar-refractivity contribution < 1.29 is 14.2 Å². The Bertz CT molecular complexity index is 636. The van der Waals surface area contributed by atoms with Crippen LogP contribution in [0.25, 0.3) is 0 Å². The van der Waals surface area contributed by atoms with E-state index in [1.54, 1.807) is 13.8 Å². The molecule has 0 saturated heterocycles. The van der Waals surface area contributed by atoms with E-state index in [0.717, 1.165) is 26.0 Å². The fraction of sp³-hybridized carbons (Fsp3) is 0.375. The van der Waals surface area contributed by atoms with Crippen molar-refractivity contribution in [3.8, 4) is 5.75 Å². The summed E-state index contributed by atoms with van der Waals surface area (Å²) in [5.41, 5.74) is 1.83. The zero-order valence-corrected chi connectivity index (χ0v) is 14.9. The molecule has 1 aromatic carbocycles. The van der Waals surface area contributed by atoms with Crippen molar-refractivity contribution in [3.05, 3.63) is 49.4 Å². The molecule has 0 bridgehead atoms. The van der Waals surface area contributed by atoms with Crippen LogP contribution in [0.15, 0.2) is 22.0 Å². The van der Waals surface area contributed by atoms with E-state index in [1.165, 1.54) is 23.5 Å². The molecule has 0 spiro atoms. The Balaban J connectivity index is 2.20. The first-order valence-corrected chi connectivity index (χ1v) is 8.25. The van der Waals surface area contributed by atoms with Crippen molar-refractivity contribution in [2.75, 3.05) is 0 Å². The Hall–Kier alpha value is -0.910. The zero-order chi connectivity index (χ0) is 15.8. The van der Waals surface area contributed by atoms with Gasteiger partial charge in [-0.1, -0.05) is 0 Å². The third-order valence-corrected chi connectivity index (χ3v) is 5.61. The predicted molar refractivity (Wildman–Crippen MR) is 87.5 cm³/mol. The fourth-order valence-electron chi connectivity index (χ4n) is 2.16. The lowest BCUT2D eigenvalue weighted by molar-refractivity contribution is 0.0815. The molecule has 0 saturated carbocycles. The van der Waals surface area contributed by atoms with Crippen molar-refractivity contribution in [1.82, 2.24) is 0 Å². The van der Waals surface area contributed by atoms with Gasteiger partial charge in [0.25, 0.3) is 0 Å². The van der Waals surface area contributed by atoms with E-state index in [2.05, 4.69) is 15.9 Å². The molecule has 0 aliphatic heterocycles. The molecular weight excluding hydrogens is 355 g/mol. The fourth-order valence-corrected chi connectivity index (χ4v) is 4.21. The van der Waals surface area contributed by atoms with Crippen LogP contribution < -0.4 is 4.74 Å². The summed E-state index contributed by atoms with van der Waals surface area (Å²) in [6, 6.07) is 3.02. The van der Waals surface area contributed by atoms with Crippen LogP contribution in [-0.4, -0.2) is 5.11 Å². The maximum atomic E-state index is 13.3. The Kier molecular flexibility index (Phi) is 4.76. The zero-order valence-electron chi connectivity index (χ0n) is 12.5. The van der Waals surface area contributed by atoms with E-state index in [1.807, 2.05) is 19.2 Å². The number of halogens is 2. The van der Waals surface area contributed by atoms with Gasteiger partial charge in [-0.2, -0.15) is 0 Å². The lowest BCUT2D eigenvalue weighted by atomic mass is 10.0. The number of hydrogen-bond donors (Lipinski definition) is 1. The molecule has 0 aliphatic rings. The minimum Gasteiger partial charge on any atom is -0.487 e. The van der Waals surface area contributed by atoms with Gasteiger partial charge in [0.2, 0.25) is 0 Å². The minimum absolute atomic E-state index is 0.227. The molecule has 0 amide bonds. The molecule has 114 valence electrons. The van der Waals surface area contributed by atoms with Gasteiger partial charge in [0.05, 0.1) is 15.0 Å². The van der Waals surface area contributed by atoms with Crippen LogP contribution in [0.4, 0.5) is 4.39 Å². The molecule has 0 fully saturated rings. The van der Waals surface area contributed by atoms with Crippen molar-refractivity contribution >= 4 is 27.3 Å². The van der Waals surface area contributed by atoms with Gasteiger partial charge in [0.15, 0.2) is 0 Å². The highest BCUT2D eigenvalue weighted by Crippen LogP contribution is 2.41. The molecule has 0 atom stereocenters. The smallest absolute Gasteiger partial charge is 0.145 e. The van der Waals surface area contributed by atoms with Gasteiger partial charge in [-0.25, -0.2) is 4.39 Å². The molecular formula is C16H18BrFO2S. The minimum atomic E-state index is -0.910. The largest absolute Gasteiger partial charge is 0.487 e. The number of ether oxygens (including phenoxy) is 1. The summed E-state index contributed by atoms with van der Waals surface area (Å²) in [6.07, 6.45) is 0. The summed E-state index contributed by atoms with van der Waals surface area (Å²) in [5, 5.41) is 11.9. The average molecular weight is 373 g/mol. The van der Waals surface area contributed by atoms with E-state index >= 15 is 0 Å². The van der Waals surface area contributed by atoms with Crippen LogP contribution in [-0.2, 0) is 12.2 Å². The standard InChI is InChI=1S/C16H18BrFO2S/c1-9-5-11(18)6-10(2)12(9)7-20-13-8-21-15(14(13)17)16(3,4)19/h5-6,8,19H,7H2,1-4H3. The third kappa shape index (κ3) is 3.65. The molecule has 0 radical (unpaired) electrons. The summed E-state index contributed by atoms with van der Waals surface area (Å²) in [5.74, 6) is 0.468. The van der Waals surface area contributed by atoms with Gasteiger partial charge in [0.1, 0.15) is 18.2 Å². The summed E-state index contributed by atoms with van der Waals surface area (Å²) in [7, 11) is 0. The Morgan fingerprint density at radius 2 is 1.86 bits per heavy atom. The molecule has 1 heterocycles. The van der Waals surface area contributed by atoms with Crippen molar-refractivity contribution in [3.63, 3.8) is 0 Å². The van der Waals surface area contributed by atoms with Crippen LogP contribution in [0, 0.1) is 19.7 Å². The Morgan fingerprint density at radius 1 is 1.29 bits per heavy atom. The van der Waals surface area contributed by atoms with Gasteiger partial charge in [-0.15, -0.1) is 11.3 Å². The average Bonchev–Trinajstić information content (AvgIpc) is 2.69. The van der Waals surface area contributed by atoms with E-state index in [4.69, 9.17) is 4.74 Å². The molecule has 2 aromatic rings. The first-order valence-electron chi connectivity index (χ1n) is 6.58. The van der Waals surface area contributed by atoms with Crippen molar-refractivity contribution in [2.45, 2.75) is 39.9 Å². The maximum absolute atomic E-state index is 13.3. The second-order valence-corrected chi connectivity index (χ2v) is 7.28. The van der Waals surface area contributed by atoms with Crippen LogP contribution in [0.2, 0.25) is 0 Å². The first-order chi connectivity index (χ1) is 9.70. The molecule has 1 N–H and O–H groups in total. The summed E-state index contributed by atoms with van der Waals surface area (Å²) < 4.78 is 19.9. The second kappa shape index (κ2) is 6.07. The highest BCUT2D eigenvalue weighted by Gasteiger charge is 2.24. The number of hydrogen-bond acceptors (Lipinski definition) is 3. The monoisotopic (exact) mass is 372 g/mol. The second-order valence-electron chi connectivity index (χ2n) is 5.61. The van der Waals surface area contributed by atoms with E-state index < -0.39 is 5.60 Å². The maximum Gasteiger partial charge on any atom is 0.145 e. The van der Waals surface area contributed by atoms with Crippen LogP contribution in [0.5, 0.6) is 5.75 Å². The first kappa shape index (κ1) is 16.5. The molecule has 1 aromatic heterocycles. The van der Waals surface area contributed by atoms with Gasteiger partial charge in [0, 0.05) is 5.38 Å². The quantitative estimate of drug-likeness (QED) is 0.811. The van der Waals surface area contributed by atoms with Gasteiger partial charge < -0.3 is 9.84 Å². The number of benzene rings is 1. The summed E-state index contributed by atoms with van der Waals surface area (Å²) in [6.45, 7) is 7.60. The third-order valence-electron chi connectivity index (χ3n) is 3.29. The van der Waals surface area contributed by atoms with Gasteiger partial charge >= 0.3 is 0 Å². The molecule has 0 unspecified atom stereocenters. The lowest BCUT2D eigenvalue weighted by Gasteiger charge is -2.16. The van der Waals surface area contributed by atoms with Crippen LogP contribution in [0.1, 0.15) is 35.4 Å². The molecule has 2 nitrogen and oxygen atoms in total. The number of aryl methyl sites for hydroxylation is 2. The lowest BCUT2D eigenvalue weighted by Crippen LogP contribution is -2.13. The number of aliphatic hydroxyl groups is 1. The topological polar surface area (TPSA) is 29.5 Å². The number of thiophene rings is 1. The van der Waals surface area contributed by atoms with Crippen molar-refractivity contribution in [2.24, 2.45) is 0 Å². The summed E-state index contributed by atoms with van der Waals surface area (Å²) in [4.78, 5) is 0.824. The normalized spacial score (nSPS) is 11.8. The van der Waals surface area contributed by atoms with Crippen molar-refractivity contribution in [1.29, 1.82) is 0 Å². The predicted octanol–water partition coefficient (Wildman–Crippen LogP) is 5.07. The van der Waals surface area contributed by atoms with E-state index in [-0.39, 0.29) is 5.82 Å². The molecule has 5 heteroatoms. The Labute approximate surface area is 136 Å². The summed E-state index contributed by atoms with van der Waals surface area (Å²) >= 11 is 4.92.